The summed E-state index contributed by atoms with van der Waals surface area (Å²) in [5.41, 5.74) is 3.51. The summed E-state index contributed by atoms with van der Waals surface area (Å²) in [6.45, 7) is 6.15. The number of nitro groups is 1. The molecular formula is C27H24N2O5S. The number of nitro benzene ring substituents is 1. The van der Waals surface area contributed by atoms with Gasteiger partial charge in [-0.25, -0.2) is 0 Å². The highest BCUT2D eigenvalue weighted by Crippen LogP contribution is 2.33. The van der Waals surface area contributed by atoms with Crippen LogP contribution in [0.1, 0.15) is 33.0 Å². The van der Waals surface area contributed by atoms with E-state index in [1.54, 1.807) is 18.2 Å². The smallest absolute Gasteiger partial charge is 0.291 e. The lowest BCUT2D eigenvalue weighted by atomic mass is 10.1. The second kappa shape index (κ2) is 10.5. The molecule has 0 saturated carbocycles. The molecular weight excluding hydrogens is 464 g/mol. The van der Waals surface area contributed by atoms with Gasteiger partial charge in [0.15, 0.2) is 5.76 Å². The van der Waals surface area contributed by atoms with Gasteiger partial charge in [-0.3, -0.25) is 14.9 Å². The Morgan fingerprint density at radius 1 is 0.914 bits per heavy atom. The standard InChI is InChI=1S/C27H24N2O5S/c1-17-4-7-24(8-5-17)35-25-14-20(13-21(15-25)29(31)32)28-27(30)26-9-6-22(34-26)16-33-23-11-18(2)10-19(3)12-23/h4-15H,16H2,1-3H3,(H,28,30). The van der Waals surface area contributed by atoms with Gasteiger partial charge in [-0.05, 0) is 74.4 Å². The van der Waals surface area contributed by atoms with Gasteiger partial charge in [-0.15, -0.1) is 0 Å². The lowest BCUT2D eigenvalue weighted by Gasteiger charge is -2.08. The van der Waals surface area contributed by atoms with E-state index in [9.17, 15) is 14.9 Å². The van der Waals surface area contributed by atoms with Crippen molar-refractivity contribution in [2.45, 2.75) is 37.2 Å². The molecule has 0 aliphatic rings. The van der Waals surface area contributed by atoms with Crippen LogP contribution in [0.3, 0.4) is 0 Å². The van der Waals surface area contributed by atoms with Crippen LogP contribution < -0.4 is 10.1 Å². The number of furan rings is 1. The number of benzene rings is 3. The molecule has 0 fully saturated rings. The Labute approximate surface area is 207 Å². The number of nitrogens with one attached hydrogen (secondary N) is 1. The van der Waals surface area contributed by atoms with Crippen LogP contribution >= 0.6 is 11.8 Å². The van der Waals surface area contributed by atoms with Crippen molar-refractivity contribution in [3.63, 3.8) is 0 Å². The fraction of sp³-hybridized carbons (Fsp3) is 0.148. The van der Waals surface area contributed by atoms with Gasteiger partial charge in [-0.2, -0.15) is 0 Å². The highest BCUT2D eigenvalue weighted by molar-refractivity contribution is 7.99. The van der Waals surface area contributed by atoms with Crippen molar-refractivity contribution in [2.75, 3.05) is 5.32 Å². The van der Waals surface area contributed by atoms with Crippen molar-refractivity contribution in [1.29, 1.82) is 0 Å². The maximum atomic E-state index is 12.8. The minimum Gasteiger partial charge on any atom is -0.486 e. The van der Waals surface area contributed by atoms with Crippen molar-refractivity contribution in [2.24, 2.45) is 0 Å². The van der Waals surface area contributed by atoms with Gasteiger partial charge in [-0.1, -0.05) is 35.5 Å². The molecule has 1 N–H and O–H groups in total. The van der Waals surface area contributed by atoms with Crippen molar-refractivity contribution < 1.29 is 18.9 Å². The number of ether oxygens (including phenoxy) is 1. The molecule has 8 heteroatoms. The van der Waals surface area contributed by atoms with Gasteiger partial charge in [0.2, 0.25) is 0 Å². The van der Waals surface area contributed by atoms with Crippen LogP contribution in [0.5, 0.6) is 5.75 Å². The molecule has 0 aliphatic carbocycles. The molecule has 7 nitrogen and oxygen atoms in total. The monoisotopic (exact) mass is 488 g/mol. The summed E-state index contributed by atoms with van der Waals surface area (Å²) in [5, 5.41) is 14.1. The summed E-state index contributed by atoms with van der Waals surface area (Å²) >= 11 is 1.38. The Morgan fingerprint density at radius 3 is 2.31 bits per heavy atom. The summed E-state index contributed by atoms with van der Waals surface area (Å²) in [6.07, 6.45) is 0. The highest BCUT2D eigenvalue weighted by atomic mass is 32.2. The van der Waals surface area contributed by atoms with Crippen LogP contribution in [-0.4, -0.2) is 10.8 Å². The molecule has 1 heterocycles. The van der Waals surface area contributed by atoms with Gasteiger partial charge in [0, 0.05) is 27.6 Å². The van der Waals surface area contributed by atoms with E-state index in [1.807, 2.05) is 57.2 Å². The molecule has 0 unspecified atom stereocenters. The van der Waals surface area contributed by atoms with E-state index in [-0.39, 0.29) is 18.1 Å². The average molecular weight is 489 g/mol. The zero-order valence-electron chi connectivity index (χ0n) is 19.5. The van der Waals surface area contributed by atoms with Crippen LogP contribution in [0.2, 0.25) is 0 Å². The number of carbonyl (C=O) groups excluding carboxylic acids is 1. The van der Waals surface area contributed by atoms with Gasteiger partial charge in [0.05, 0.1) is 4.92 Å². The average Bonchev–Trinajstić information content (AvgIpc) is 3.28. The van der Waals surface area contributed by atoms with E-state index >= 15 is 0 Å². The summed E-state index contributed by atoms with van der Waals surface area (Å²) in [6, 6.07) is 21.5. The third-order valence-corrected chi connectivity index (χ3v) is 6.06. The fourth-order valence-electron chi connectivity index (χ4n) is 3.50. The second-order valence-electron chi connectivity index (χ2n) is 8.22. The fourth-order valence-corrected chi connectivity index (χ4v) is 4.41. The number of carbonyl (C=O) groups is 1. The lowest BCUT2D eigenvalue weighted by Crippen LogP contribution is -2.11. The first-order valence-electron chi connectivity index (χ1n) is 10.9. The second-order valence-corrected chi connectivity index (χ2v) is 9.37. The molecule has 35 heavy (non-hydrogen) atoms. The number of nitrogens with zero attached hydrogens (tertiary/aromatic N) is 1. The Kier molecular flexibility index (Phi) is 7.22. The van der Waals surface area contributed by atoms with E-state index < -0.39 is 10.8 Å². The predicted octanol–water partition coefficient (Wildman–Crippen LogP) is 7.10. The van der Waals surface area contributed by atoms with Gasteiger partial charge in [0.25, 0.3) is 11.6 Å². The van der Waals surface area contributed by atoms with Gasteiger partial charge < -0.3 is 14.5 Å². The summed E-state index contributed by atoms with van der Waals surface area (Å²) < 4.78 is 11.4. The quantitative estimate of drug-likeness (QED) is 0.210. The number of aryl methyl sites for hydroxylation is 3. The van der Waals surface area contributed by atoms with Crippen LogP contribution in [0, 0.1) is 30.9 Å². The van der Waals surface area contributed by atoms with E-state index in [4.69, 9.17) is 9.15 Å². The minimum atomic E-state index is -0.505. The molecule has 0 aliphatic heterocycles. The van der Waals surface area contributed by atoms with Crippen molar-refractivity contribution in [3.8, 4) is 5.75 Å². The number of non-ortho nitro benzene ring substituents is 1. The first-order valence-corrected chi connectivity index (χ1v) is 11.7. The van der Waals surface area contributed by atoms with E-state index in [2.05, 4.69) is 11.4 Å². The number of hydrogen-bond acceptors (Lipinski definition) is 6. The Balaban J connectivity index is 1.46. The summed E-state index contributed by atoms with van der Waals surface area (Å²) in [5.74, 6) is 0.793. The van der Waals surface area contributed by atoms with Crippen LogP contribution in [-0.2, 0) is 6.61 Å². The number of hydrogen-bond donors (Lipinski definition) is 1. The Hall–Kier alpha value is -4.04. The first kappa shape index (κ1) is 24.1. The molecule has 178 valence electrons. The third-order valence-electron chi connectivity index (χ3n) is 5.08. The Morgan fingerprint density at radius 2 is 1.63 bits per heavy atom. The Bertz CT molecular complexity index is 1360. The maximum absolute atomic E-state index is 12.8. The van der Waals surface area contributed by atoms with Crippen LogP contribution in [0.4, 0.5) is 11.4 Å². The summed E-state index contributed by atoms with van der Waals surface area (Å²) in [7, 11) is 0. The molecule has 0 saturated heterocycles. The zero-order chi connectivity index (χ0) is 24.9. The number of rotatable bonds is 8. The number of anilines is 1. The highest BCUT2D eigenvalue weighted by Gasteiger charge is 2.16. The predicted molar refractivity (Wildman–Crippen MR) is 135 cm³/mol. The van der Waals surface area contributed by atoms with Gasteiger partial charge in [0.1, 0.15) is 18.1 Å². The third kappa shape index (κ3) is 6.51. The minimum absolute atomic E-state index is 0.0864. The lowest BCUT2D eigenvalue weighted by molar-refractivity contribution is -0.385. The van der Waals surface area contributed by atoms with Crippen molar-refractivity contribution in [1.82, 2.24) is 0 Å². The summed E-state index contributed by atoms with van der Waals surface area (Å²) in [4.78, 5) is 25.3. The molecule has 4 aromatic rings. The van der Waals surface area contributed by atoms with Crippen molar-refractivity contribution >= 4 is 29.0 Å². The molecule has 1 amide bonds. The first-order chi connectivity index (χ1) is 16.7. The molecule has 0 bridgehead atoms. The normalized spacial score (nSPS) is 10.7. The van der Waals surface area contributed by atoms with Crippen LogP contribution in [0.25, 0.3) is 0 Å². The molecule has 1 aromatic heterocycles. The van der Waals surface area contributed by atoms with Crippen molar-refractivity contribution in [3.05, 3.63) is 111 Å². The molecule has 0 atom stereocenters. The largest absolute Gasteiger partial charge is 0.486 e. The van der Waals surface area contributed by atoms with E-state index in [0.717, 1.165) is 27.3 Å². The SMILES string of the molecule is Cc1ccc(Sc2cc(NC(=O)c3ccc(COc4cc(C)cc(C)c4)o3)cc([N+](=O)[O-])c2)cc1. The number of amides is 1. The van der Waals surface area contributed by atoms with Crippen LogP contribution in [0.15, 0.2) is 87.0 Å². The zero-order valence-corrected chi connectivity index (χ0v) is 20.3. The molecule has 3 aromatic carbocycles. The molecule has 0 radical (unpaired) electrons. The topological polar surface area (TPSA) is 94.6 Å². The van der Waals surface area contributed by atoms with E-state index in [1.165, 1.54) is 23.9 Å². The molecule has 0 spiro atoms. The molecule has 4 rings (SSSR count). The van der Waals surface area contributed by atoms with E-state index in [0.29, 0.717) is 16.3 Å². The maximum Gasteiger partial charge on any atom is 0.291 e. The van der Waals surface area contributed by atoms with Gasteiger partial charge >= 0.3 is 0 Å².